The average molecular weight is 1640 g/mol. The number of amides is 4. The Kier molecular flexibility index (Phi) is 32.8. The van der Waals surface area contributed by atoms with Gasteiger partial charge in [0.05, 0.1) is 79.0 Å². The molecule has 0 spiro atoms. The number of carbonyl (C=O) groups excluding carboxylic acids is 4. The molecule has 12 rings (SSSR count). The molecule has 4 saturated heterocycles. The SMILES string of the molecule is CC(C)(C)OC(=O)N=NC(=O)OC(C)(C)C.CC(C)CN(C[C@@H](O)[C@H](Cc1ccc(O)cc1)NC(=O)O[C@@H]1CO[C@H]2OCC[C@H]21)S(=O)(=O)c1ccc2c(c1)OCO2.CC(C)CN(C[C@@H](O)[C@H](Cc1ccc(OCCc2ccccc2)cc1)NC(=O)O[C@@H]1CO[C@H]2OCC[C@H]21)S(=O)(=O)c1ccc2c(c1)OCO2.OCCc1ccccc1. The Balaban J connectivity index is 0.000000205. The van der Waals surface area contributed by atoms with Crippen molar-refractivity contribution in [3.05, 3.63) is 168 Å². The number of ether oxygens (including phenoxy) is 13. The smallest absolute Gasteiger partial charge is 0.453 e. The summed E-state index contributed by atoms with van der Waals surface area (Å²) in [5.74, 6) is 2.14. The number of phenolic OH excluding ortho intramolecular Hbond substituents is 1. The summed E-state index contributed by atoms with van der Waals surface area (Å²) in [4.78, 5) is 48.4. The minimum absolute atomic E-state index is 0.00613. The van der Waals surface area contributed by atoms with Crippen LogP contribution < -0.4 is 34.3 Å². The highest BCUT2D eigenvalue weighted by Crippen LogP contribution is 2.38. The molecule has 0 unspecified atom stereocenters. The lowest BCUT2D eigenvalue weighted by molar-refractivity contribution is -0.0909. The van der Waals surface area contributed by atoms with E-state index in [-0.39, 0.29) is 112 Å². The van der Waals surface area contributed by atoms with E-state index in [1.165, 1.54) is 62.2 Å². The second kappa shape index (κ2) is 42.0. The largest absolute Gasteiger partial charge is 0.508 e. The second-order valence-corrected chi connectivity index (χ2v) is 34.8. The molecule has 6 heterocycles. The van der Waals surface area contributed by atoms with Crippen LogP contribution in [0.5, 0.6) is 34.5 Å². The van der Waals surface area contributed by atoms with Crippen molar-refractivity contribution in [3.8, 4) is 34.5 Å². The number of phenols is 1. The number of rotatable bonds is 28. The first-order chi connectivity index (χ1) is 54.7. The van der Waals surface area contributed by atoms with Crippen LogP contribution >= 0.6 is 0 Å². The molecule has 6 aliphatic rings. The molecule has 4 amide bonds. The number of aliphatic hydroxyl groups excluding tert-OH is 3. The van der Waals surface area contributed by atoms with Gasteiger partial charge < -0.3 is 92.6 Å². The monoisotopic (exact) mass is 1640 g/mol. The summed E-state index contributed by atoms with van der Waals surface area (Å²) in [6.45, 7) is 19.7. The van der Waals surface area contributed by atoms with E-state index in [0.717, 1.165) is 30.4 Å². The van der Waals surface area contributed by atoms with E-state index >= 15 is 0 Å². The zero-order valence-electron chi connectivity index (χ0n) is 66.5. The van der Waals surface area contributed by atoms with Crippen molar-refractivity contribution < 1.29 is 118 Å². The van der Waals surface area contributed by atoms with Crippen molar-refractivity contribution in [2.45, 2.75) is 178 Å². The molecule has 31 nitrogen and oxygen atoms in total. The molecule has 6 aromatic carbocycles. The summed E-state index contributed by atoms with van der Waals surface area (Å²) in [5.41, 5.74) is 2.58. The van der Waals surface area contributed by atoms with E-state index in [0.29, 0.717) is 55.0 Å². The molecular formula is C82H108N6O25S2. The third-order valence-corrected chi connectivity index (χ3v) is 22.1. The number of sulfonamides is 2. The van der Waals surface area contributed by atoms with Crippen molar-refractivity contribution >= 4 is 44.4 Å². The van der Waals surface area contributed by atoms with E-state index in [1.54, 1.807) is 59.7 Å². The van der Waals surface area contributed by atoms with E-state index in [2.05, 4.69) is 33.0 Å². The summed E-state index contributed by atoms with van der Waals surface area (Å²) in [6.07, 6.45) is -4.33. The Bertz CT molecular complexity index is 4330. The number of hydrogen-bond acceptors (Lipinski definition) is 25. The molecule has 33 heteroatoms. The van der Waals surface area contributed by atoms with E-state index in [9.17, 15) is 51.3 Å². The van der Waals surface area contributed by atoms with E-state index in [4.69, 9.17) is 66.7 Å². The van der Waals surface area contributed by atoms with Gasteiger partial charge in [-0.25, -0.2) is 36.0 Å². The van der Waals surface area contributed by atoms with Gasteiger partial charge in [-0.05, 0) is 156 Å². The van der Waals surface area contributed by atoms with Crippen LogP contribution in [0, 0.1) is 23.7 Å². The number of aromatic hydroxyl groups is 1. The molecule has 0 aromatic heterocycles. The average Bonchev–Trinajstić information content (AvgIpc) is 1.56. The highest BCUT2D eigenvalue weighted by atomic mass is 32.2. The molecular weight excluding hydrogens is 1530 g/mol. The number of alkyl carbamates (subject to hydrolysis) is 2. The minimum Gasteiger partial charge on any atom is -0.508 e. The highest BCUT2D eigenvalue weighted by Gasteiger charge is 2.46. The van der Waals surface area contributed by atoms with Crippen LogP contribution in [0.3, 0.4) is 0 Å². The van der Waals surface area contributed by atoms with Crippen LogP contribution in [0.2, 0.25) is 0 Å². The zero-order chi connectivity index (χ0) is 83.0. The summed E-state index contributed by atoms with van der Waals surface area (Å²) < 4.78 is 128. The van der Waals surface area contributed by atoms with Crippen LogP contribution in [0.15, 0.2) is 166 Å². The lowest BCUT2D eigenvalue weighted by atomic mass is 10.0. The van der Waals surface area contributed by atoms with Gasteiger partial charge in [0.25, 0.3) is 0 Å². The van der Waals surface area contributed by atoms with Crippen molar-refractivity contribution in [2.75, 3.05) is 79.4 Å². The van der Waals surface area contributed by atoms with Gasteiger partial charge in [-0.15, -0.1) is 0 Å². The maximum atomic E-state index is 13.9. The van der Waals surface area contributed by atoms with Crippen molar-refractivity contribution in [1.29, 1.82) is 0 Å². The van der Waals surface area contributed by atoms with Crippen LogP contribution in [-0.4, -0.2) is 210 Å². The first kappa shape index (κ1) is 89.7. The molecule has 6 aromatic rings. The van der Waals surface area contributed by atoms with Gasteiger partial charge in [-0.3, -0.25) is 0 Å². The maximum absolute atomic E-state index is 13.9. The predicted octanol–water partition coefficient (Wildman–Crippen LogP) is 10.9. The Morgan fingerprint density at radius 2 is 0.913 bits per heavy atom. The standard InChI is InChI=1S/C36H44N2O10S.C28H36N2O10S.C10H18N2O4.C8H10O/c1-24(2)20-38(49(41,42)28-12-13-32-33(19-28)47-23-46-32)21-31(39)30(37-36(40)48-34-22-45-35-29(34)15-17-44-35)18-26-8-10-27(11-9-26)43-16-14-25-6-4-3-5-7-25;1-17(2)13-30(41(34,35)20-7-8-24-25(12-20)39-16-38-24)14-23(32)22(11-18-3-5-19(31)6-4-18)29-28(33)40-26-15-37-27-21(26)9-10-36-27;1-9(2,3)15-7(13)11-12-8(14)16-10(4,5)6;9-7-6-8-4-2-1-3-5-8/h3-13,19,24,29-31,34-35,39H,14-18,20-23H2,1-2H3,(H,37,40);3-8,12,17,21-23,26-27,31-32H,9-11,13-16H2,1-2H3,(H,29,33);1-6H3;1-5,9H,6-7H2/t29-,30-,31+,34+,35+;21-,22-,23+,26+,27+;;/m00../s1. The lowest BCUT2D eigenvalue weighted by Crippen LogP contribution is -2.51. The number of benzene rings is 6. The highest BCUT2D eigenvalue weighted by molar-refractivity contribution is 7.89. The van der Waals surface area contributed by atoms with E-state index in [1.807, 2.05) is 100 Å². The molecule has 628 valence electrons. The normalized spacial score (nSPS) is 19.7. The second-order valence-electron chi connectivity index (χ2n) is 31.0. The van der Waals surface area contributed by atoms with Crippen LogP contribution in [-0.2, 0) is 83.6 Å². The Morgan fingerprint density at radius 1 is 0.513 bits per heavy atom. The third-order valence-electron chi connectivity index (χ3n) is 18.4. The van der Waals surface area contributed by atoms with Gasteiger partial charge >= 0.3 is 24.4 Å². The third kappa shape index (κ3) is 28.0. The molecule has 10 atom stereocenters. The maximum Gasteiger partial charge on any atom is 0.453 e. The number of fused-ring (bicyclic) bond motifs is 4. The summed E-state index contributed by atoms with van der Waals surface area (Å²) in [6, 6.07) is 40.8. The van der Waals surface area contributed by atoms with Crippen molar-refractivity contribution in [2.24, 2.45) is 33.9 Å². The van der Waals surface area contributed by atoms with Gasteiger partial charge in [0.15, 0.2) is 35.6 Å². The van der Waals surface area contributed by atoms with Crippen molar-refractivity contribution in [1.82, 2.24) is 19.2 Å². The first-order valence-corrected chi connectivity index (χ1v) is 41.2. The van der Waals surface area contributed by atoms with Crippen molar-refractivity contribution in [3.63, 3.8) is 0 Å². The molecule has 0 bridgehead atoms. The summed E-state index contributed by atoms with van der Waals surface area (Å²) in [7, 11) is -8.12. The Morgan fingerprint density at radius 3 is 1.31 bits per heavy atom. The number of nitrogens with one attached hydrogen (secondary N) is 2. The number of hydrogen-bond donors (Lipinski definition) is 6. The molecule has 0 aliphatic carbocycles. The fourth-order valence-corrected chi connectivity index (χ4v) is 16.2. The fourth-order valence-electron chi connectivity index (χ4n) is 12.9. The van der Waals surface area contributed by atoms with Gasteiger partial charge in [0.1, 0.15) is 34.9 Å². The van der Waals surface area contributed by atoms with Crippen LogP contribution in [0.25, 0.3) is 0 Å². The number of aliphatic hydroxyl groups is 3. The van der Waals surface area contributed by atoms with Gasteiger partial charge in [-0.2, -0.15) is 8.61 Å². The fraction of sp³-hybridized carbons (Fsp3) is 0.512. The van der Waals surface area contributed by atoms with Gasteiger partial charge in [0.2, 0.25) is 33.6 Å². The first-order valence-electron chi connectivity index (χ1n) is 38.3. The Hall–Kier alpha value is -9.26. The number of azo groups is 1. The predicted molar refractivity (Wildman–Crippen MR) is 418 cm³/mol. The van der Waals surface area contributed by atoms with Crippen LogP contribution in [0.4, 0.5) is 19.2 Å². The zero-order valence-corrected chi connectivity index (χ0v) is 68.1. The van der Waals surface area contributed by atoms with Gasteiger partial charge in [0, 0.05) is 51.3 Å². The lowest BCUT2D eigenvalue weighted by Gasteiger charge is -2.31. The molecule has 6 N–H and O–H groups in total. The summed E-state index contributed by atoms with van der Waals surface area (Å²) >= 11 is 0. The van der Waals surface area contributed by atoms with Gasteiger partial charge in [-0.1, -0.05) is 123 Å². The molecule has 0 saturated carbocycles. The van der Waals surface area contributed by atoms with Crippen LogP contribution in [0.1, 0.15) is 104 Å². The molecule has 4 fully saturated rings. The summed E-state index contributed by atoms with van der Waals surface area (Å²) in [5, 5.41) is 53.0. The molecule has 6 aliphatic heterocycles. The molecule has 0 radical (unpaired) electrons. The Labute approximate surface area is 671 Å². The van der Waals surface area contributed by atoms with E-state index < -0.39 is 105 Å². The minimum atomic E-state index is -4.06. The molecule has 115 heavy (non-hydrogen) atoms. The topological polar surface area (TPSA) is 393 Å². The quantitative estimate of drug-likeness (QED) is 0.0196. The number of nitrogens with zero attached hydrogens (tertiary/aromatic N) is 4. The number of carbonyl (C=O) groups is 4.